The van der Waals surface area contributed by atoms with Crippen molar-refractivity contribution in [1.82, 2.24) is 0 Å². The molecule has 0 saturated heterocycles. The molecule has 0 N–H and O–H groups in total. The second-order valence-corrected chi connectivity index (χ2v) is 4.58. The van der Waals surface area contributed by atoms with E-state index in [9.17, 15) is 4.79 Å². The van der Waals surface area contributed by atoms with E-state index < -0.39 is 0 Å². The Morgan fingerprint density at radius 3 is 1.60 bits per heavy atom. The molecule has 0 aromatic rings. The van der Waals surface area contributed by atoms with Gasteiger partial charge in [0, 0.05) is 11.8 Å². The summed E-state index contributed by atoms with van der Waals surface area (Å²) in [6.45, 7) is 0. The summed E-state index contributed by atoms with van der Waals surface area (Å²) >= 11 is 0. The van der Waals surface area contributed by atoms with E-state index >= 15 is 0 Å². The minimum atomic E-state index is 0.583. The number of carbonyl (C=O) groups is 1. The topological polar surface area (TPSA) is 17.1 Å². The molecule has 0 amide bonds. The molecule has 0 heterocycles. The Morgan fingerprint density at radius 2 is 1.30 bits per heavy atom. The highest BCUT2D eigenvalue weighted by atomic mass is 16.1. The highest BCUT2D eigenvalue weighted by molar-refractivity contribution is 5.92. The summed E-state index contributed by atoms with van der Waals surface area (Å²) in [6.07, 6.45) is 2.82. The van der Waals surface area contributed by atoms with E-state index in [0.29, 0.717) is 17.6 Å². The van der Waals surface area contributed by atoms with E-state index in [1.807, 2.05) is 0 Å². The lowest BCUT2D eigenvalue weighted by molar-refractivity contribution is -0.123. The fourth-order valence-corrected chi connectivity index (χ4v) is 3.82. The Morgan fingerprint density at radius 1 is 0.900 bits per heavy atom. The number of ketones is 1. The molecular weight excluding hydrogens is 124 g/mol. The Kier molecular flexibility index (Phi) is 0.449. The van der Waals surface area contributed by atoms with E-state index in [2.05, 4.69) is 0 Å². The predicted octanol–water partition coefficient (Wildman–Crippen LogP) is 1.09. The highest BCUT2D eigenvalue weighted by Crippen LogP contribution is 2.75. The third kappa shape index (κ3) is 0.268. The summed E-state index contributed by atoms with van der Waals surface area (Å²) in [7, 11) is 0. The molecule has 0 aromatic carbocycles. The second kappa shape index (κ2) is 0.992. The molecule has 10 heavy (non-hydrogen) atoms. The third-order valence-electron chi connectivity index (χ3n) is 4.28. The van der Waals surface area contributed by atoms with E-state index in [4.69, 9.17) is 0 Å². The summed E-state index contributed by atoms with van der Waals surface area (Å²) < 4.78 is 0. The van der Waals surface area contributed by atoms with Crippen molar-refractivity contribution in [3.63, 3.8) is 0 Å². The maximum atomic E-state index is 11.4. The summed E-state index contributed by atoms with van der Waals surface area (Å²) in [5.41, 5.74) is 0. The van der Waals surface area contributed by atoms with Crippen LogP contribution in [-0.2, 0) is 4.79 Å². The normalized spacial score (nSPS) is 73.4. The third-order valence-corrected chi connectivity index (χ3v) is 4.28. The zero-order chi connectivity index (χ0) is 6.46. The van der Waals surface area contributed by atoms with Crippen molar-refractivity contribution in [3.05, 3.63) is 0 Å². The lowest BCUT2D eigenvalue weighted by Gasteiger charge is -2.03. The Labute approximate surface area is 59.8 Å². The molecule has 4 rings (SSSR count). The van der Waals surface area contributed by atoms with Gasteiger partial charge in [-0.2, -0.15) is 0 Å². The summed E-state index contributed by atoms with van der Waals surface area (Å²) in [6, 6.07) is 0. The SMILES string of the molecule is O=C1C2[C@H]3C[C@H]3C1[C@H]1C[C@@H]21. The van der Waals surface area contributed by atoms with Crippen LogP contribution in [0.25, 0.3) is 0 Å². The van der Waals surface area contributed by atoms with Gasteiger partial charge in [-0.1, -0.05) is 0 Å². The lowest BCUT2D eigenvalue weighted by atomic mass is 9.99. The van der Waals surface area contributed by atoms with Crippen molar-refractivity contribution in [2.45, 2.75) is 12.8 Å². The molecule has 4 fully saturated rings. The van der Waals surface area contributed by atoms with Crippen molar-refractivity contribution >= 4 is 5.78 Å². The number of hydrogen-bond acceptors (Lipinski definition) is 1. The zero-order valence-electron chi connectivity index (χ0n) is 5.79. The van der Waals surface area contributed by atoms with Crippen molar-refractivity contribution in [3.8, 4) is 0 Å². The highest BCUT2D eigenvalue weighted by Gasteiger charge is 2.75. The van der Waals surface area contributed by atoms with E-state index in [-0.39, 0.29) is 0 Å². The minimum absolute atomic E-state index is 0.583. The summed E-state index contributed by atoms with van der Waals surface area (Å²) in [5.74, 6) is 5.40. The average Bonchev–Trinajstić information content (AvgIpc) is 2.71. The average molecular weight is 134 g/mol. The van der Waals surface area contributed by atoms with Gasteiger partial charge in [0.1, 0.15) is 5.78 Å². The molecule has 4 aliphatic carbocycles. The molecule has 4 aliphatic rings. The molecule has 6 atom stereocenters. The quantitative estimate of drug-likeness (QED) is 0.484. The van der Waals surface area contributed by atoms with Crippen LogP contribution >= 0.6 is 0 Å². The molecule has 4 saturated carbocycles. The lowest BCUT2D eigenvalue weighted by Crippen LogP contribution is -2.13. The predicted molar refractivity (Wildman–Crippen MR) is 35.2 cm³/mol. The number of hydrogen-bond donors (Lipinski definition) is 0. The van der Waals surface area contributed by atoms with Crippen molar-refractivity contribution in [1.29, 1.82) is 0 Å². The van der Waals surface area contributed by atoms with Gasteiger partial charge in [0.05, 0.1) is 0 Å². The van der Waals surface area contributed by atoms with Gasteiger partial charge in [0.2, 0.25) is 0 Å². The van der Waals surface area contributed by atoms with Crippen LogP contribution in [0.5, 0.6) is 0 Å². The zero-order valence-corrected chi connectivity index (χ0v) is 5.79. The first-order chi connectivity index (χ1) is 4.88. The van der Waals surface area contributed by atoms with Gasteiger partial charge in [-0.05, 0) is 36.5 Å². The van der Waals surface area contributed by atoms with Crippen LogP contribution in [-0.4, -0.2) is 5.78 Å². The van der Waals surface area contributed by atoms with Gasteiger partial charge in [-0.3, -0.25) is 4.79 Å². The molecule has 1 nitrogen and oxygen atoms in total. The van der Waals surface area contributed by atoms with Gasteiger partial charge in [0.25, 0.3) is 0 Å². The van der Waals surface area contributed by atoms with E-state index in [1.54, 1.807) is 0 Å². The molecular formula is C9H10O. The molecule has 2 unspecified atom stereocenters. The smallest absolute Gasteiger partial charge is 0.140 e. The molecule has 1 heteroatoms. The van der Waals surface area contributed by atoms with Crippen LogP contribution in [0.4, 0.5) is 0 Å². The number of carbonyl (C=O) groups excluding carboxylic acids is 1. The van der Waals surface area contributed by atoms with Crippen LogP contribution in [0.1, 0.15) is 12.8 Å². The molecule has 0 aliphatic heterocycles. The minimum Gasteiger partial charge on any atom is -0.299 e. The fraction of sp³-hybridized carbons (Fsp3) is 0.889. The van der Waals surface area contributed by atoms with E-state index in [0.717, 1.165) is 23.7 Å². The Bertz CT molecular complexity index is 205. The van der Waals surface area contributed by atoms with E-state index in [1.165, 1.54) is 12.8 Å². The first-order valence-electron chi connectivity index (χ1n) is 4.41. The standard InChI is InChI=1S/C9H10O/c10-9-7-3-1-4(3)8(9)6-2-5(6)7/h3-8H,1-2H2/t3-,4+,5+,6-,7?,8?. The molecule has 0 radical (unpaired) electrons. The Balaban J connectivity index is 1.95. The number of fused-ring (bicyclic) bond motifs is 8. The Hall–Kier alpha value is -0.330. The number of rotatable bonds is 0. The first-order valence-corrected chi connectivity index (χ1v) is 4.41. The largest absolute Gasteiger partial charge is 0.299 e. The van der Waals surface area contributed by atoms with Crippen molar-refractivity contribution in [2.24, 2.45) is 35.5 Å². The van der Waals surface area contributed by atoms with Gasteiger partial charge < -0.3 is 0 Å². The van der Waals surface area contributed by atoms with Crippen LogP contribution in [0.2, 0.25) is 0 Å². The maximum absolute atomic E-state index is 11.4. The van der Waals surface area contributed by atoms with Gasteiger partial charge in [-0.25, -0.2) is 0 Å². The monoisotopic (exact) mass is 134 g/mol. The number of Topliss-reactive ketones (excluding diaryl/α,β-unsaturated/α-hetero) is 1. The van der Waals surface area contributed by atoms with Crippen LogP contribution < -0.4 is 0 Å². The van der Waals surface area contributed by atoms with Crippen molar-refractivity contribution < 1.29 is 4.79 Å². The molecule has 0 aromatic heterocycles. The fourth-order valence-electron chi connectivity index (χ4n) is 3.82. The van der Waals surface area contributed by atoms with Gasteiger partial charge in [0.15, 0.2) is 0 Å². The van der Waals surface area contributed by atoms with Crippen LogP contribution in [0.15, 0.2) is 0 Å². The second-order valence-electron chi connectivity index (χ2n) is 4.58. The van der Waals surface area contributed by atoms with Gasteiger partial charge in [-0.15, -0.1) is 0 Å². The van der Waals surface area contributed by atoms with Gasteiger partial charge >= 0.3 is 0 Å². The maximum Gasteiger partial charge on any atom is 0.140 e. The van der Waals surface area contributed by atoms with Crippen LogP contribution in [0, 0.1) is 35.5 Å². The first kappa shape index (κ1) is 4.53. The van der Waals surface area contributed by atoms with Crippen LogP contribution in [0.3, 0.4) is 0 Å². The summed E-state index contributed by atoms with van der Waals surface area (Å²) in [5, 5.41) is 0. The van der Waals surface area contributed by atoms with Crippen molar-refractivity contribution in [2.75, 3.05) is 0 Å². The molecule has 0 spiro atoms. The molecule has 52 valence electrons. The molecule has 2 bridgehead atoms. The summed E-state index contributed by atoms with van der Waals surface area (Å²) in [4.78, 5) is 11.4.